The third kappa shape index (κ3) is 5.70. The molecule has 1 N–H and O–H groups in total. The van der Waals surface area contributed by atoms with Crippen LogP contribution in [0.15, 0.2) is 64.0 Å². The molecular weight excluding hydrogens is 498 g/mol. The topological polar surface area (TPSA) is 90.9 Å². The monoisotopic (exact) mass is 523 g/mol. The molecule has 2 aromatic rings. The van der Waals surface area contributed by atoms with Crippen molar-refractivity contribution < 1.29 is 27.4 Å². The summed E-state index contributed by atoms with van der Waals surface area (Å²) in [5, 5.41) is 2.88. The molecule has 1 saturated heterocycles. The molecule has 0 aromatic heterocycles. The molecule has 9 heteroatoms. The van der Waals surface area contributed by atoms with Crippen LogP contribution in [0.3, 0.4) is 0 Å². The fraction of sp³-hybridized carbons (Fsp3) is 0.435. The summed E-state index contributed by atoms with van der Waals surface area (Å²) < 4.78 is 44.1. The van der Waals surface area contributed by atoms with Gasteiger partial charge in [-0.2, -0.15) is 0 Å². The molecule has 0 radical (unpaired) electrons. The van der Waals surface area contributed by atoms with Crippen molar-refractivity contribution in [2.24, 2.45) is 5.92 Å². The van der Waals surface area contributed by atoms with Gasteiger partial charge in [0.15, 0.2) is 15.6 Å². The Labute approximate surface area is 196 Å². The largest absolute Gasteiger partial charge is 0.445 e. The van der Waals surface area contributed by atoms with Gasteiger partial charge in [0.2, 0.25) is 0 Å². The molecule has 1 amide bonds. The van der Waals surface area contributed by atoms with Crippen molar-refractivity contribution in [3.8, 4) is 0 Å². The smallest absolute Gasteiger partial charge is 0.407 e. The summed E-state index contributed by atoms with van der Waals surface area (Å²) in [4.78, 5) is 12.7. The first-order valence-electron chi connectivity index (χ1n) is 10.6. The van der Waals surface area contributed by atoms with Crippen molar-refractivity contribution in [3.05, 3.63) is 64.6 Å². The lowest BCUT2D eigenvalue weighted by Crippen LogP contribution is -2.51. The SMILES string of the molecule is O=C(NC1CCC2(CC1CS(=O)(=O)c1ccc(Br)cc1)OCCO2)OCc1ccccc1. The molecule has 1 spiro atoms. The molecule has 2 unspecified atom stereocenters. The van der Waals surface area contributed by atoms with Crippen LogP contribution in [-0.4, -0.2) is 45.3 Å². The van der Waals surface area contributed by atoms with Crippen molar-refractivity contribution in [1.82, 2.24) is 5.32 Å². The molecule has 1 saturated carbocycles. The van der Waals surface area contributed by atoms with E-state index >= 15 is 0 Å². The quantitative estimate of drug-likeness (QED) is 0.613. The maximum atomic E-state index is 13.1. The minimum absolute atomic E-state index is 0.118. The Hall–Kier alpha value is -1.94. The summed E-state index contributed by atoms with van der Waals surface area (Å²) in [7, 11) is -3.57. The second kappa shape index (κ2) is 9.91. The van der Waals surface area contributed by atoms with E-state index in [0.717, 1.165) is 10.0 Å². The number of hydrogen-bond donors (Lipinski definition) is 1. The predicted molar refractivity (Wildman–Crippen MR) is 122 cm³/mol. The minimum Gasteiger partial charge on any atom is -0.445 e. The molecule has 1 aliphatic heterocycles. The Balaban J connectivity index is 1.46. The normalized spacial score (nSPS) is 22.5. The molecule has 4 rings (SSSR count). The van der Waals surface area contributed by atoms with Crippen LogP contribution in [0.2, 0.25) is 0 Å². The lowest BCUT2D eigenvalue weighted by atomic mass is 9.81. The zero-order valence-electron chi connectivity index (χ0n) is 17.5. The highest BCUT2D eigenvalue weighted by molar-refractivity contribution is 9.10. The van der Waals surface area contributed by atoms with Gasteiger partial charge in [-0.05, 0) is 42.2 Å². The number of carbonyl (C=O) groups excluding carboxylic acids is 1. The van der Waals surface area contributed by atoms with Gasteiger partial charge >= 0.3 is 6.09 Å². The summed E-state index contributed by atoms with van der Waals surface area (Å²) in [6.45, 7) is 1.13. The van der Waals surface area contributed by atoms with E-state index in [2.05, 4.69) is 21.2 Å². The van der Waals surface area contributed by atoms with Crippen molar-refractivity contribution in [3.63, 3.8) is 0 Å². The number of sulfone groups is 1. The van der Waals surface area contributed by atoms with E-state index < -0.39 is 21.7 Å². The maximum absolute atomic E-state index is 13.1. The molecule has 1 heterocycles. The lowest BCUT2D eigenvalue weighted by Gasteiger charge is -2.41. The van der Waals surface area contributed by atoms with Gasteiger partial charge in [-0.3, -0.25) is 0 Å². The van der Waals surface area contributed by atoms with Gasteiger partial charge in [0.05, 0.1) is 23.9 Å². The second-order valence-electron chi connectivity index (χ2n) is 8.16. The molecule has 1 aliphatic carbocycles. The molecule has 2 fully saturated rings. The van der Waals surface area contributed by atoms with Gasteiger partial charge in [0.1, 0.15) is 6.61 Å². The molecule has 0 bridgehead atoms. The first-order valence-corrected chi connectivity index (χ1v) is 13.0. The zero-order chi connectivity index (χ0) is 22.6. The number of ether oxygens (including phenoxy) is 3. The van der Waals surface area contributed by atoms with Crippen LogP contribution >= 0.6 is 15.9 Å². The van der Waals surface area contributed by atoms with Gasteiger partial charge in [-0.1, -0.05) is 46.3 Å². The number of amides is 1. The second-order valence-corrected chi connectivity index (χ2v) is 11.1. The standard InChI is InChI=1S/C23H26BrNO6S/c24-19-6-8-20(9-7-19)32(27,28)16-18-14-23(30-12-13-31-23)11-10-21(18)25-22(26)29-15-17-4-2-1-3-5-17/h1-9,18,21H,10-16H2,(H,25,26). The van der Waals surface area contributed by atoms with E-state index in [1.165, 1.54) is 0 Å². The third-order valence-electron chi connectivity index (χ3n) is 5.91. The fourth-order valence-electron chi connectivity index (χ4n) is 4.32. The Bertz CT molecular complexity index is 1020. The van der Waals surface area contributed by atoms with Gasteiger partial charge in [-0.25, -0.2) is 13.2 Å². The molecule has 2 aliphatic rings. The third-order valence-corrected chi connectivity index (χ3v) is 8.30. The van der Waals surface area contributed by atoms with Crippen molar-refractivity contribution >= 4 is 31.9 Å². The van der Waals surface area contributed by atoms with Crippen LogP contribution in [0.25, 0.3) is 0 Å². The van der Waals surface area contributed by atoms with Crippen LogP contribution < -0.4 is 5.32 Å². The summed E-state index contributed by atoms with van der Waals surface area (Å²) in [6.07, 6.45) is 0.966. The molecule has 172 valence electrons. The molecule has 2 aromatic carbocycles. The van der Waals surface area contributed by atoms with Crippen LogP contribution in [0, 0.1) is 5.92 Å². The predicted octanol–water partition coefficient (Wildman–Crippen LogP) is 4.06. The van der Waals surface area contributed by atoms with E-state index in [9.17, 15) is 13.2 Å². The highest BCUT2D eigenvalue weighted by Crippen LogP contribution is 2.40. The zero-order valence-corrected chi connectivity index (χ0v) is 19.9. The number of carbonyl (C=O) groups is 1. The number of benzene rings is 2. The Morgan fingerprint density at radius 3 is 2.47 bits per heavy atom. The van der Waals surface area contributed by atoms with Crippen molar-refractivity contribution in [1.29, 1.82) is 0 Å². The Kier molecular flexibility index (Phi) is 7.19. The van der Waals surface area contributed by atoms with Crippen molar-refractivity contribution in [2.75, 3.05) is 19.0 Å². The van der Waals surface area contributed by atoms with Crippen LogP contribution in [-0.2, 0) is 30.7 Å². The van der Waals surface area contributed by atoms with Crippen LogP contribution in [0.4, 0.5) is 4.79 Å². The first-order chi connectivity index (χ1) is 15.4. The molecule has 7 nitrogen and oxygen atoms in total. The van der Waals surface area contributed by atoms with Crippen LogP contribution in [0.1, 0.15) is 24.8 Å². The van der Waals surface area contributed by atoms with Gasteiger partial charge in [0, 0.05) is 23.4 Å². The Morgan fingerprint density at radius 2 is 1.78 bits per heavy atom. The Morgan fingerprint density at radius 1 is 1.09 bits per heavy atom. The summed E-state index contributed by atoms with van der Waals surface area (Å²) in [6, 6.07) is 15.6. The molecule has 2 atom stereocenters. The maximum Gasteiger partial charge on any atom is 0.407 e. The minimum atomic E-state index is -3.57. The van der Waals surface area contributed by atoms with E-state index in [0.29, 0.717) is 32.5 Å². The van der Waals surface area contributed by atoms with E-state index in [1.54, 1.807) is 24.3 Å². The van der Waals surface area contributed by atoms with E-state index in [-0.39, 0.29) is 29.2 Å². The summed E-state index contributed by atoms with van der Waals surface area (Å²) in [5.41, 5.74) is 0.882. The van der Waals surface area contributed by atoms with Crippen molar-refractivity contribution in [2.45, 2.75) is 42.6 Å². The molecular formula is C23H26BrNO6S. The number of hydrogen-bond acceptors (Lipinski definition) is 6. The number of halogens is 1. The van der Waals surface area contributed by atoms with Gasteiger partial charge < -0.3 is 19.5 Å². The summed E-state index contributed by atoms with van der Waals surface area (Å²) in [5.74, 6) is -1.27. The number of rotatable bonds is 6. The highest BCUT2D eigenvalue weighted by Gasteiger charge is 2.46. The van der Waals surface area contributed by atoms with Gasteiger partial charge in [-0.15, -0.1) is 0 Å². The van der Waals surface area contributed by atoms with Crippen LogP contribution in [0.5, 0.6) is 0 Å². The molecule has 32 heavy (non-hydrogen) atoms. The fourth-order valence-corrected chi connectivity index (χ4v) is 6.24. The number of nitrogens with one attached hydrogen (secondary N) is 1. The average molecular weight is 524 g/mol. The average Bonchev–Trinajstić information content (AvgIpc) is 3.23. The van der Waals surface area contributed by atoms with E-state index in [4.69, 9.17) is 14.2 Å². The highest BCUT2D eigenvalue weighted by atomic mass is 79.9. The lowest BCUT2D eigenvalue weighted by molar-refractivity contribution is -0.188. The summed E-state index contributed by atoms with van der Waals surface area (Å²) >= 11 is 3.33. The van der Waals surface area contributed by atoms with E-state index in [1.807, 2.05) is 30.3 Å². The number of alkyl carbamates (subject to hydrolysis) is 1. The van der Waals surface area contributed by atoms with Gasteiger partial charge in [0.25, 0.3) is 0 Å². The first kappa shape index (κ1) is 23.2.